The van der Waals surface area contributed by atoms with Gasteiger partial charge >= 0.3 is 7.82 Å². The Hall–Kier alpha value is 0.840. The van der Waals surface area contributed by atoms with Gasteiger partial charge in [0.15, 0.2) is 0 Å². The van der Waals surface area contributed by atoms with Crippen LogP contribution in [0.25, 0.3) is 0 Å². The Bertz CT molecular complexity index is 133. The smallest absolute Gasteiger partial charge is 0.303 e. The molecular weight excluding hydrogens is 270 g/mol. The zero-order chi connectivity index (χ0) is 8.20. The van der Waals surface area contributed by atoms with E-state index in [1.165, 1.54) is 0 Å². The van der Waals surface area contributed by atoms with Crippen molar-refractivity contribution in [2.45, 2.75) is 23.9 Å². The van der Waals surface area contributed by atoms with Crippen LogP contribution >= 0.6 is 30.4 Å². The first-order valence-electron chi connectivity index (χ1n) is 2.83. The molecule has 1 unspecified atom stereocenters. The van der Waals surface area contributed by atoms with Crippen molar-refractivity contribution in [1.29, 1.82) is 0 Å². The maximum atomic E-state index is 10.2. The first-order chi connectivity index (χ1) is 4.45. The van der Waals surface area contributed by atoms with Crippen LogP contribution in [0.4, 0.5) is 0 Å². The molecule has 1 atom stereocenters. The Balaban J connectivity index is 3.58. The minimum Gasteiger partial charge on any atom is -0.303 e. The standard InChI is InChI=1S/C4H10IO4P/c1-2-3-4(5)9-10(6,7)8/h4H,2-3H2,1H3,(H2,6,7,8). The van der Waals surface area contributed by atoms with Crippen molar-refractivity contribution < 1.29 is 18.9 Å². The molecule has 0 fully saturated rings. The third-order valence-electron chi connectivity index (χ3n) is 0.767. The van der Waals surface area contributed by atoms with Gasteiger partial charge in [0.1, 0.15) is 4.11 Å². The molecule has 0 aliphatic rings. The second-order valence-electron chi connectivity index (χ2n) is 1.79. The molecule has 0 rings (SSSR count). The second kappa shape index (κ2) is 4.66. The van der Waals surface area contributed by atoms with E-state index in [1.807, 2.05) is 29.5 Å². The third-order valence-corrected chi connectivity index (χ3v) is 2.58. The summed E-state index contributed by atoms with van der Waals surface area (Å²) in [7, 11) is -4.26. The summed E-state index contributed by atoms with van der Waals surface area (Å²) >= 11 is 1.85. The second-order valence-corrected chi connectivity index (χ2v) is 4.38. The van der Waals surface area contributed by atoms with Gasteiger partial charge in [-0.15, -0.1) is 0 Å². The van der Waals surface area contributed by atoms with Crippen LogP contribution in [0.3, 0.4) is 0 Å². The Morgan fingerprint density at radius 1 is 1.70 bits per heavy atom. The van der Waals surface area contributed by atoms with E-state index < -0.39 is 7.82 Å². The summed E-state index contributed by atoms with van der Waals surface area (Å²) in [5.41, 5.74) is 0. The lowest BCUT2D eigenvalue weighted by Crippen LogP contribution is -2.00. The molecule has 10 heavy (non-hydrogen) atoms. The van der Waals surface area contributed by atoms with Crippen molar-refractivity contribution >= 4 is 30.4 Å². The molecule has 0 radical (unpaired) electrons. The molecule has 0 bridgehead atoms. The summed E-state index contributed by atoms with van der Waals surface area (Å²) in [5, 5.41) is 0. The molecule has 4 nitrogen and oxygen atoms in total. The van der Waals surface area contributed by atoms with Gasteiger partial charge in [0.2, 0.25) is 0 Å². The van der Waals surface area contributed by atoms with Crippen molar-refractivity contribution in [1.82, 2.24) is 0 Å². The van der Waals surface area contributed by atoms with E-state index in [-0.39, 0.29) is 4.11 Å². The summed E-state index contributed by atoms with van der Waals surface area (Å²) in [5.74, 6) is 0. The van der Waals surface area contributed by atoms with E-state index >= 15 is 0 Å². The predicted molar refractivity (Wildman–Crippen MR) is 45.8 cm³/mol. The zero-order valence-corrected chi connectivity index (χ0v) is 8.58. The van der Waals surface area contributed by atoms with E-state index in [9.17, 15) is 4.57 Å². The van der Waals surface area contributed by atoms with E-state index in [4.69, 9.17) is 9.79 Å². The van der Waals surface area contributed by atoms with Crippen LogP contribution in [0, 0.1) is 0 Å². The molecule has 0 aromatic rings. The van der Waals surface area contributed by atoms with Crippen LogP contribution in [0.1, 0.15) is 19.8 Å². The number of phosphoric acid groups is 1. The number of hydrogen-bond acceptors (Lipinski definition) is 2. The number of halogens is 1. The molecule has 0 spiro atoms. The minimum atomic E-state index is -4.26. The Labute approximate surface area is 73.3 Å². The van der Waals surface area contributed by atoms with Crippen LogP contribution in [0.2, 0.25) is 0 Å². The Morgan fingerprint density at radius 2 is 2.20 bits per heavy atom. The summed E-state index contributed by atoms with van der Waals surface area (Å²) in [6.07, 6.45) is 1.51. The molecule has 0 saturated carbocycles. The van der Waals surface area contributed by atoms with Gasteiger partial charge in [0.25, 0.3) is 0 Å². The highest BCUT2D eigenvalue weighted by atomic mass is 127. The van der Waals surface area contributed by atoms with Crippen LogP contribution in [0.5, 0.6) is 0 Å². The maximum Gasteiger partial charge on any atom is 0.470 e. The Kier molecular flexibility index (Phi) is 5.06. The normalized spacial score (nSPS) is 15.2. The molecule has 6 heteroatoms. The quantitative estimate of drug-likeness (QED) is 0.467. The zero-order valence-electron chi connectivity index (χ0n) is 5.53. The van der Waals surface area contributed by atoms with E-state index in [0.29, 0.717) is 6.42 Å². The topological polar surface area (TPSA) is 66.8 Å². The molecule has 62 valence electrons. The average Bonchev–Trinajstić information content (AvgIpc) is 1.59. The monoisotopic (exact) mass is 280 g/mol. The fourth-order valence-electron chi connectivity index (χ4n) is 0.429. The van der Waals surface area contributed by atoms with Crippen molar-refractivity contribution in [2.75, 3.05) is 0 Å². The van der Waals surface area contributed by atoms with E-state index in [1.54, 1.807) is 0 Å². The van der Waals surface area contributed by atoms with Crippen LogP contribution in [0.15, 0.2) is 0 Å². The van der Waals surface area contributed by atoms with Crippen LogP contribution in [-0.2, 0) is 9.09 Å². The van der Waals surface area contributed by atoms with Crippen LogP contribution in [-0.4, -0.2) is 13.9 Å². The molecule has 0 heterocycles. The molecule has 0 amide bonds. The van der Waals surface area contributed by atoms with Gasteiger partial charge in [-0.3, -0.25) is 4.52 Å². The molecular formula is C4H10IO4P. The highest BCUT2D eigenvalue weighted by Gasteiger charge is 2.18. The van der Waals surface area contributed by atoms with Crippen LogP contribution < -0.4 is 0 Å². The van der Waals surface area contributed by atoms with E-state index in [2.05, 4.69) is 4.52 Å². The lowest BCUT2D eigenvalue weighted by atomic mass is 10.4. The minimum absolute atomic E-state index is 0.386. The third kappa shape index (κ3) is 6.95. The van der Waals surface area contributed by atoms with Gasteiger partial charge in [0, 0.05) is 0 Å². The van der Waals surface area contributed by atoms with Crippen molar-refractivity contribution in [3.05, 3.63) is 0 Å². The fraction of sp³-hybridized carbons (Fsp3) is 1.00. The molecule has 0 aliphatic heterocycles. The average molecular weight is 280 g/mol. The summed E-state index contributed by atoms with van der Waals surface area (Å²) in [6.45, 7) is 1.93. The molecule has 0 aliphatic carbocycles. The number of alkyl halides is 1. The lowest BCUT2D eigenvalue weighted by Gasteiger charge is -2.09. The van der Waals surface area contributed by atoms with E-state index in [0.717, 1.165) is 6.42 Å². The largest absolute Gasteiger partial charge is 0.470 e. The molecule has 0 aromatic carbocycles. The first kappa shape index (κ1) is 10.8. The SMILES string of the molecule is CCCC(I)OP(=O)(O)O. The number of hydrogen-bond donors (Lipinski definition) is 2. The number of rotatable bonds is 4. The summed E-state index contributed by atoms with van der Waals surface area (Å²) in [6, 6.07) is 0. The molecule has 0 aromatic heterocycles. The van der Waals surface area contributed by atoms with Gasteiger partial charge in [-0.2, -0.15) is 0 Å². The highest BCUT2D eigenvalue weighted by Crippen LogP contribution is 2.39. The molecule has 2 N–H and O–H groups in total. The first-order valence-corrected chi connectivity index (χ1v) is 5.61. The predicted octanol–water partition coefficient (Wildman–Crippen LogP) is 1.66. The maximum absolute atomic E-state index is 10.2. The van der Waals surface area contributed by atoms with Crippen molar-refractivity contribution in [2.24, 2.45) is 0 Å². The fourth-order valence-corrected chi connectivity index (χ4v) is 2.34. The number of phosphoric ester groups is 1. The summed E-state index contributed by atoms with van der Waals surface area (Å²) in [4.78, 5) is 16.6. The van der Waals surface area contributed by atoms with Gasteiger partial charge < -0.3 is 9.79 Å². The lowest BCUT2D eigenvalue weighted by molar-refractivity contribution is 0.185. The molecule has 0 saturated heterocycles. The van der Waals surface area contributed by atoms with Gasteiger partial charge in [-0.1, -0.05) is 35.9 Å². The van der Waals surface area contributed by atoms with Crippen molar-refractivity contribution in [3.8, 4) is 0 Å². The van der Waals surface area contributed by atoms with Gasteiger partial charge in [-0.05, 0) is 6.42 Å². The van der Waals surface area contributed by atoms with Gasteiger partial charge in [-0.25, -0.2) is 4.57 Å². The van der Waals surface area contributed by atoms with Crippen molar-refractivity contribution in [3.63, 3.8) is 0 Å². The van der Waals surface area contributed by atoms with Gasteiger partial charge in [0.05, 0.1) is 0 Å². The highest BCUT2D eigenvalue weighted by molar-refractivity contribution is 14.1. The summed E-state index contributed by atoms with van der Waals surface area (Å²) < 4.78 is 14.1. The Morgan fingerprint density at radius 3 is 2.50 bits per heavy atom.